The molecule has 0 unspecified atom stereocenters. The highest BCUT2D eigenvalue weighted by Crippen LogP contribution is 2.15. The molecule has 1 aliphatic rings. The zero-order valence-electron chi connectivity index (χ0n) is 4.89. The van der Waals surface area contributed by atoms with Gasteiger partial charge in [0.2, 0.25) is 0 Å². The normalized spacial score (nSPS) is 14.7. The first-order valence-corrected chi connectivity index (χ1v) is 2.88. The highest BCUT2D eigenvalue weighted by atomic mass is 15.4. The fourth-order valence-corrected chi connectivity index (χ4v) is 0.925. The Morgan fingerprint density at radius 3 is 3.44 bits per heavy atom. The van der Waals surface area contributed by atoms with Crippen LogP contribution in [0.25, 0.3) is 0 Å². The molecule has 1 aliphatic heterocycles. The van der Waals surface area contributed by atoms with Gasteiger partial charge >= 0.3 is 0 Å². The Labute approximate surface area is 53.1 Å². The lowest BCUT2D eigenvalue weighted by Crippen LogP contribution is -2.10. The Kier molecular flexibility index (Phi) is 0.899. The smallest absolute Gasteiger partial charge is 0.0717 e. The Morgan fingerprint density at radius 2 is 2.56 bits per heavy atom. The fourth-order valence-electron chi connectivity index (χ4n) is 0.925. The SMILES string of the molecule is c1cc2c(cn1)NNC2. The molecule has 0 saturated heterocycles. The number of aromatic nitrogens is 1. The molecular weight excluding hydrogens is 114 g/mol. The maximum absolute atomic E-state index is 3.95. The van der Waals surface area contributed by atoms with Crippen LogP contribution >= 0.6 is 0 Å². The monoisotopic (exact) mass is 121 g/mol. The first-order valence-electron chi connectivity index (χ1n) is 2.88. The highest BCUT2D eigenvalue weighted by Gasteiger charge is 2.06. The lowest BCUT2D eigenvalue weighted by atomic mass is 10.2. The Balaban J connectivity index is 2.54. The molecule has 0 spiro atoms. The zero-order chi connectivity index (χ0) is 6.10. The Morgan fingerprint density at radius 1 is 1.56 bits per heavy atom. The quantitative estimate of drug-likeness (QED) is 0.525. The minimum absolute atomic E-state index is 0.901. The van der Waals surface area contributed by atoms with Gasteiger partial charge in [-0.1, -0.05) is 0 Å². The molecule has 3 nitrogen and oxygen atoms in total. The highest BCUT2D eigenvalue weighted by molar-refractivity contribution is 5.50. The molecular formula is C6H7N3. The van der Waals surface area contributed by atoms with Gasteiger partial charge in [-0.15, -0.1) is 0 Å². The van der Waals surface area contributed by atoms with Crippen LogP contribution in [-0.2, 0) is 6.54 Å². The summed E-state index contributed by atoms with van der Waals surface area (Å²) in [5, 5.41) is 0. The van der Waals surface area contributed by atoms with Gasteiger partial charge in [-0.05, 0) is 11.6 Å². The molecule has 0 amide bonds. The minimum atomic E-state index is 0.901. The van der Waals surface area contributed by atoms with Crippen LogP contribution in [0.15, 0.2) is 18.5 Å². The first-order chi connectivity index (χ1) is 4.47. The molecule has 2 rings (SSSR count). The largest absolute Gasteiger partial charge is 0.319 e. The van der Waals surface area contributed by atoms with Gasteiger partial charge in [0.25, 0.3) is 0 Å². The van der Waals surface area contributed by atoms with Gasteiger partial charge in [0.1, 0.15) is 0 Å². The molecule has 0 aromatic carbocycles. The molecule has 0 aliphatic carbocycles. The topological polar surface area (TPSA) is 37.0 Å². The molecule has 46 valence electrons. The molecule has 3 heteroatoms. The van der Waals surface area contributed by atoms with Crippen LogP contribution in [0.3, 0.4) is 0 Å². The van der Waals surface area contributed by atoms with Crippen molar-refractivity contribution in [1.82, 2.24) is 10.4 Å². The Bertz CT molecular complexity index is 198. The van der Waals surface area contributed by atoms with E-state index in [1.54, 1.807) is 6.20 Å². The van der Waals surface area contributed by atoms with Crippen molar-refractivity contribution < 1.29 is 0 Å². The van der Waals surface area contributed by atoms with Crippen LogP contribution in [-0.4, -0.2) is 4.98 Å². The van der Waals surface area contributed by atoms with Crippen LogP contribution in [0.1, 0.15) is 5.56 Å². The van der Waals surface area contributed by atoms with E-state index in [1.165, 1.54) is 5.56 Å². The third-order valence-corrected chi connectivity index (χ3v) is 1.41. The predicted molar refractivity (Wildman–Crippen MR) is 34.7 cm³/mol. The van der Waals surface area contributed by atoms with E-state index in [0.717, 1.165) is 12.2 Å². The van der Waals surface area contributed by atoms with Crippen LogP contribution in [0.2, 0.25) is 0 Å². The van der Waals surface area contributed by atoms with Crippen molar-refractivity contribution in [2.75, 3.05) is 5.43 Å². The van der Waals surface area contributed by atoms with Gasteiger partial charge in [0.05, 0.1) is 11.9 Å². The molecule has 0 fully saturated rings. The van der Waals surface area contributed by atoms with E-state index in [0.29, 0.717) is 0 Å². The molecule has 0 radical (unpaired) electrons. The summed E-state index contributed by atoms with van der Waals surface area (Å²) in [5.41, 5.74) is 8.36. The lowest BCUT2D eigenvalue weighted by molar-refractivity contribution is 0.860. The summed E-state index contributed by atoms with van der Waals surface area (Å²) < 4.78 is 0. The van der Waals surface area contributed by atoms with Crippen LogP contribution in [0, 0.1) is 0 Å². The number of anilines is 1. The number of hydrogen-bond donors (Lipinski definition) is 2. The van der Waals surface area contributed by atoms with Gasteiger partial charge in [-0.3, -0.25) is 4.98 Å². The summed E-state index contributed by atoms with van der Waals surface area (Å²) in [5.74, 6) is 0. The number of rotatable bonds is 0. The molecule has 9 heavy (non-hydrogen) atoms. The summed E-state index contributed by atoms with van der Waals surface area (Å²) in [4.78, 5) is 3.95. The van der Waals surface area contributed by atoms with Crippen molar-refractivity contribution in [2.24, 2.45) is 0 Å². The molecule has 2 heterocycles. The van der Waals surface area contributed by atoms with E-state index in [4.69, 9.17) is 0 Å². The molecule has 0 atom stereocenters. The van der Waals surface area contributed by atoms with E-state index in [2.05, 4.69) is 15.8 Å². The van der Waals surface area contributed by atoms with Gasteiger partial charge in [0, 0.05) is 12.7 Å². The van der Waals surface area contributed by atoms with Gasteiger partial charge in [0.15, 0.2) is 0 Å². The third kappa shape index (κ3) is 0.658. The second-order valence-electron chi connectivity index (χ2n) is 2.01. The van der Waals surface area contributed by atoms with Gasteiger partial charge < -0.3 is 5.43 Å². The number of nitrogens with one attached hydrogen (secondary N) is 2. The molecule has 0 bridgehead atoms. The zero-order valence-corrected chi connectivity index (χ0v) is 4.89. The standard InChI is InChI=1S/C6H7N3/c1-2-7-4-6-5(1)3-8-9-6/h1-2,4,8-9H,3H2. The second kappa shape index (κ2) is 1.70. The lowest BCUT2D eigenvalue weighted by Gasteiger charge is -1.92. The molecule has 1 aromatic heterocycles. The number of fused-ring (bicyclic) bond motifs is 1. The van der Waals surface area contributed by atoms with E-state index >= 15 is 0 Å². The average molecular weight is 121 g/mol. The third-order valence-electron chi connectivity index (χ3n) is 1.41. The van der Waals surface area contributed by atoms with Crippen LogP contribution < -0.4 is 10.9 Å². The number of nitrogens with zero attached hydrogens (tertiary/aromatic N) is 1. The van der Waals surface area contributed by atoms with Gasteiger partial charge in [-0.2, -0.15) is 0 Å². The minimum Gasteiger partial charge on any atom is -0.319 e. The molecule has 2 N–H and O–H groups in total. The van der Waals surface area contributed by atoms with Crippen molar-refractivity contribution in [2.45, 2.75) is 6.54 Å². The summed E-state index contributed by atoms with van der Waals surface area (Å²) in [7, 11) is 0. The first kappa shape index (κ1) is 4.76. The summed E-state index contributed by atoms with van der Waals surface area (Å²) in [6, 6.07) is 2.00. The summed E-state index contributed by atoms with van der Waals surface area (Å²) >= 11 is 0. The number of hydrazine groups is 1. The van der Waals surface area contributed by atoms with E-state index in [9.17, 15) is 0 Å². The van der Waals surface area contributed by atoms with Crippen LogP contribution in [0.5, 0.6) is 0 Å². The Hall–Kier alpha value is -1.09. The van der Waals surface area contributed by atoms with Crippen molar-refractivity contribution >= 4 is 5.69 Å². The van der Waals surface area contributed by atoms with Crippen molar-refractivity contribution in [3.8, 4) is 0 Å². The number of pyridine rings is 1. The number of hydrogen-bond acceptors (Lipinski definition) is 3. The van der Waals surface area contributed by atoms with E-state index < -0.39 is 0 Å². The predicted octanol–water partition coefficient (Wildman–Crippen LogP) is 0.512. The second-order valence-corrected chi connectivity index (χ2v) is 2.01. The summed E-state index contributed by atoms with van der Waals surface area (Å²) in [6.45, 7) is 0.901. The van der Waals surface area contributed by atoms with Gasteiger partial charge in [-0.25, -0.2) is 5.43 Å². The average Bonchev–Trinajstić information content (AvgIpc) is 2.33. The van der Waals surface area contributed by atoms with Crippen molar-refractivity contribution in [1.29, 1.82) is 0 Å². The maximum atomic E-state index is 3.95. The molecule has 1 aromatic rings. The molecule has 0 saturated carbocycles. The van der Waals surface area contributed by atoms with Crippen molar-refractivity contribution in [3.05, 3.63) is 24.0 Å². The summed E-state index contributed by atoms with van der Waals surface area (Å²) in [6.07, 6.45) is 3.61. The van der Waals surface area contributed by atoms with E-state index in [-0.39, 0.29) is 0 Å². The fraction of sp³-hybridized carbons (Fsp3) is 0.167. The maximum Gasteiger partial charge on any atom is 0.0717 e. The van der Waals surface area contributed by atoms with E-state index in [1.807, 2.05) is 12.3 Å². The van der Waals surface area contributed by atoms with Crippen LogP contribution in [0.4, 0.5) is 5.69 Å². The van der Waals surface area contributed by atoms with Crippen molar-refractivity contribution in [3.63, 3.8) is 0 Å².